The highest BCUT2D eigenvalue weighted by atomic mass is 15.2. The number of aryl methyl sites for hydroxylation is 4. The molecule has 6 heteroatoms. The molecule has 0 spiro atoms. The third kappa shape index (κ3) is 6.61. The molecule has 79 heavy (non-hydrogen) atoms. The summed E-state index contributed by atoms with van der Waals surface area (Å²) in [5, 5.41) is 3.99. The molecule has 4 aliphatic carbocycles. The smallest absolute Gasteiger partial charge is 0.114 e. The van der Waals surface area contributed by atoms with Gasteiger partial charge in [-0.3, -0.25) is 9.55 Å². The van der Waals surface area contributed by atoms with Crippen LogP contribution in [-0.2, 0) is 32.1 Å². The Kier molecular flexibility index (Phi) is 9.67. The molecule has 6 heterocycles. The second-order valence-electron chi connectivity index (χ2n) is 22.2. The summed E-state index contributed by atoms with van der Waals surface area (Å²) in [5.74, 6) is 1.42. The number of aromatic amines is 1. The first kappa shape index (κ1) is 44.5. The van der Waals surface area contributed by atoms with E-state index in [1.807, 2.05) is 12.4 Å². The van der Waals surface area contributed by atoms with E-state index >= 15 is 0 Å². The summed E-state index contributed by atoms with van der Waals surface area (Å²) in [7, 11) is 0. The van der Waals surface area contributed by atoms with Crippen LogP contribution >= 0.6 is 0 Å². The first-order valence-corrected chi connectivity index (χ1v) is 28.1. The Hall–Kier alpha value is -9.65. The molecule has 0 bridgehead atoms. The Bertz CT molecular complexity index is 4560. The van der Waals surface area contributed by atoms with Gasteiger partial charge in [-0.05, 0) is 215 Å². The molecular formula is C73H54N6. The Morgan fingerprint density at radius 1 is 0.557 bits per heavy atom. The minimum atomic E-state index is 0.251. The Morgan fingerprint density at radius 2 is 1.29 bits per heavy atom. The summed E-state index contributed by atoms with van der Waals surface area (Å²) in [5.41, 5.74) is 30.0. The van der Waals surface area contributed by atoms with E-state index in [1.165, 1.54) is 117 Å². The van der Waals surface area contributed by atoms with Gasteiger partial charge in [-0.25, -0.2) is 0 Å². The molecule has 0 saturated carbocycles. The van der Waals surface area contributed by atoms with E-state index in [-0.39, 0.29) is 12.0 Å². The predicted octanol–water partition coefficient (Wildman–Crippen LogP) is 17.4. The van der Waals surface area contributed by atoms with Crippen LogP contribution in [0.5, 0.6) is 0 Å². The summed E-state index contributed by atoms with van der Waals surface area (Å²) in [6.07, 6.45) is 32.0. The van der Waals surface area contributed by atoms with Gasteiger partial charge in [0.1, 0.15) is 5.82 Å². The van der Waals surface area contributed by atoms with Crippen LogP contribution in [0.4, 0.5) is 22.7 Å². The number of para-hydroxylation sites is 2. The molecule has 1 N–H and O–H groups in total. The van der Waals surface area contributed by atoms with Crippen LogP contribution in [0.25, 0.3) is 83.7 Å². The fourth-order valence-electron chi connectivity index (χ4n) is 14.7. The van der Waals surface area contributed by atoms with Crippen LogP contribution < -0.4 is 9.80 Å². The molecule has 2 unspecified atom stereocenters. The summed E-state index contributed by atoms with van der Waals surface area (Å²) in [6.45, 7) is 4.57. The third-order valence-electron chi connectivity index (χ3n) is 18.1. The number of benzene rings is 7. The lowest BCUT2D eigenvalue weighted by Gasteiger charge is -2.31. The minimum Gasteiger partial charge on any atom is -0.348 e. The lowest BCUT2D eigenvalue weighted by Crippen LogP contribution is -2.28. The van der Waals surface area contributed by atoms with Gasteiger partial charge in [-0.2, -0.15) is 0 Å². The second kappa shape index (κ2) is 17.2. The number of rotatable bonds is 6. The molecule has 0 saturated heterocycles. The maximum absolute atomic E-state index is 4.72. The number of hydrogen-bond donors (Lipinski definition) is 1. The number of H-pyrrole nitrogens is 1. The lowest BCUT2D eigenvalue weighted by molar-refractivity contribution is 0.745. The highest BCUT2D eigenvalue weighted by Crippen LogP contribution is 2.53. The van der Waals surface area contributed by atoms with E-state index in [0.717, 1.165) is 72.5 Å². The highest BCUT2D eigenvalue weighted by molar-refractivity contribution is 6.15. The van der Waals surface area contributed by atoms with E-state index in [9.17, 15) is 0 Å². The summed E-state index contributed by atoms with van der Waals surface area (Å²) in [6, 6.07) is 56.9. The van der Waals surface area contributed by atoms with E-state index < -0.39 is 0 Å². The van der Waals surface area contributed by atoms with Gasteiger partial charge >= 0.3 is 0 Å². The minimum absolute atomic E-state index is 0.251. The number of pyridine rings is 1. The van der Waals surface area contributed by atoms with Gasteiger partial charge in [-0.1, -0.05) is 97.6 Å². The van der Waals surface area contributed by atoms with Crippen molar-refractivity contribution in [1.29, 1.82) is 0 Å². The summed E-state index contributed by atoms with van der Waals surface area (Å²) < 4.78 is 5.12. The Balaban J connectivity index is 0.823. The highest BCUT2D eigenvalue weighted by Gasteiger charge is 2.38. The van der Waals surface area contributed by atoms with Gasteiger partial charge in [0.05, 0.1) is 40.2 Å². The van der Waals surface area contributed by atoms with Crippen LogP contribution in [0.3, 0.4) is 0 Å². The zero-order chi connectivity index (χ0) is 51.9. The molecular weight excluding hydrogens is 961 g/mol. The number of anilines is 4. The van der Waals surface area contributed by atoms with Crippen molar-refractivity contribution in [2.45, 2.75) is 50.5 Å². The van der Waals surface area contributed by atoms with Gasteiger partial charge in [0.15, 0.2) is 0 Å². The molecule has 0 radical (unpaired) electrons. The quantitative estimate of drug-likeness (QED) is 0.181. The van der Waals surface area contributed by atoms with Gasteiger partial charge in [0.25, 0.3) is 0 Å². The fourth-order valence-corrected chi connectivity index (χ4v) is 14.7. The second-order valence-corrected chi connectivity index (χ2v) is 22.2. The zero-order valence-electron chi connectivity index (χ0n) is 43.7. The molecule has 2 aliphatic heterocycles. The van der Waals surface area contributed by atoms with Crippen molar-refractivity contribution >= 4 is 72.7 Å². The zero-order valence-corrected chi connectivity index (χ0v) is 43.7. The number of hydrogen-bond acceptors (Lipinski definition) is 3. The molecule has 2 atom stereocenters. The van der Waals surface area contributed by atoms with Gasteiger partial charge in [0, 0.05) is 74.6 Å². The number of nitrogens with zero attached hydrogens (tertiary/aromatic N) is 5. The van der Waals surface area contributed by atoms with Crippen molar-refractivity contribution < 1.29 is 0 Å². The topological polar surface area (TPSA) is 45.0 Å². The average molecular weight is 1020 g/mol. The maximum atomic E-state index is 4.72. The normalized spacial score (nSPS) is 18.2. The summed E-state index contributed by atoms with van der Waals surface area (Å²) >= 11 is 0. The molecule has 0 fully saturated rings. The monoisotopic (exact) mass is 1010 g/mol. The molecule has 7 aromatic carbocycles. The van der Waals surface area contributed by atoms with Gasteiger partial charge in [-0.15, -0.1) is 0 Å². The first-order chi connectivity index (χ1) is 39.1. The van der Waals surface area contributed by atoms with Crippen LogP contribution in [-0.4, -0.2) is 25.1 Å². The average Bonchev–Trinajstić information content (AvgIpc) is 4.49. The van der Waals surface area contributed by atoms with E-state index in [4.69, 9.17) is 4.98 Å². The lowest BCUT2D eigenvalue weighted by atomic mass is 9.73. The largest absolute Gasteiger partial charge is 0.348 e. The molecule has 6 aliphatic rings. The number of allylic oxidation sites excluding steroid dienone is 7. The van der Waals surface area contributed by atoms with Crippen molar-refractivity contribution in [2.75, 3.05) is 9.80 Å². The van der Waals surface area contributed by atoms with Crippen molar-refractivity contribution in [3.05, 3.63) is 276 Å². The van der Waals surface area contributed by atoms with Gasteiger partial charge in [0.2, 0.25) is 0 Å². The maximum Gasteiger partial charge on any atom is 0.114 e. The first-order valence-electron chi connectivity index (χ1n) is 28.1. The molecule has 0 amide bonds. The van der Waals surface area contributed by atoms with E-state index in [2.05, 4.69) is 243 Å². The van der Waals surface area contributed by atoms with Crippen molar-refractivity contribution in [2.24, 2.45) is 0 Å². The van der Waals surface area contributed by atoms with Crippen LogP contribution in [0.1, 0.15) is 62.5 Å². The SMILES string of the molecule is C=C1/C=C\C=C/N(c2ccccc2)c2ccc(C3=Cc4c(n(-c5ccc[nH]5)c5c6c7c(cc45)CCc4cc5c8cc(-c9ccc%10c(c9)C9C=CC=CC9N%10c9ccccc9)ccc8n(-c8cccnc8)c5c(c4-7)CC6)CC3)cc21. The van der Waals surface area contributed by atoms with Crippen molar-refractivity contribution in [3.8, 4) is 33.8 Å². The molecule has 4 aromatic heterocycles. The van der Waals surface area contributed by atoms with Crippen molar-refractivity contribution in [1.82, 2.24) is 19.1 Å². The van der Waals surface area contributed by atoms with Crippen LogP contribution in [0.2, 0.25) is 0 Å². The van der Waals surface area contributed by atoms with Crippen molar-refractivity contribution in [3.63, 3.8) is 0 Å². The van der Waals surface area contributed by atoms with E-state index in [1.54, 1.807) is 0 Å². The fraction of sp³-hybridized carbons (Fsp3) is 0.110. The molecule has 11 aromatic rings. The molecule has 376 valence electrons. The molecule has 17 rings (SSSR count). The third-order valence-corrected chi connectivity index (χ3v) is 18.1. The summed E-state index contributed by atoms with van der Waals surface area (Å²) in [4.78, 5) is 13.2. The standard InChI is InChI=1S/C73H54N6/c1-45-14-10-11-37-76(52-15-4-2-5-16-52)64-31-25-46(38-58(45)64)48-28-34-68-61(41-48)63-43-51-24-23-50-42-62-60-40-49(47-26-32-66-59(39-47)55-20-8-9-21-65(55)77(66)53-17-6-3-7-18-53)27-33-67(60)78(54-19-12-35-74-44-54)72(62)56-29-30-57(71(51)70(50)56)73(63)79(68)69-22-13-36-75-69/h2-22,25-27,31-33,35-44,55,65,75H,1,23-24,28-30,34H2/b14-10-,37-11-. The number of aromatic nitrogens is 4. The number of nitrogens with one attached hydrogen (secondary N) is 1. The Labute approximate surface area is 459 Å². The number of fused-ring (bicyclic) bond motifs is 12. The Morgan fingerprint density at radius 3 is 2.09 bits per heavy atom. The van der Waals surface area contributed by atoms with Crippen LogP contribution in [0.15, 0.2) is 226 Å². The predicted molar refractivity (Wildman–Crippen MR) is 327 cm³/mol. The van der Waals surface area contributed by atoms with E-state index in [0.29, 0.717) is 0 Å². The van der Waals surface area contributed by atoms with Gasteiger partial charge < -0.3 is 19.4 Å². The molecule has 6 nitrogen and oxygen atoms in total. The van der Waals surface area contributed by atoms with Crippen LogP contribution in [0, 0.1) is 0 Å².